The van der Waals surface area contributed by atoms with Gasteiger partial charge in [-0.2, -0.15) is 0 Å². The first-order chi connectivity index (χ1) is 9.31. The van der Waals surface area contributed by atoms with Crippen molar-refractivity contribution in [2.24, 2.45) is 0 Å². The Hall–Kier alpha value is -1.57. The number of carbonyl (C=O) groups is 1. The number of benzene rings is 1. The Morgan fingerprint density at radius 1 is 1.40 bits per heavy atom. The molecular weight excluding hydrogens is 248 g/mol. The maximum Gasteiger partial charge on any atom is 0.333 e. The van der Waals surface area contributed by atoms with Gasteiger partial charge in [-0.05, 0) is 58.1 Å². The second-order valence-electron chi connectivity index (χ2n) is 6.42. The molecule has 0 bridgehead atoms. The van der Waals surface area contributed by atoms with E-state index in [1.807, 2.05) is 13.8 Å². The first-order valence-electron chi connectivity index (χ1n) is 7.29. The summed E-state index contributed by atoms with van der Waals surface area (Å²) in [6.45, 7) is 11.5. The third kappa shape index (κ3) is 2.95. The Morgan fingerprint density at radius 2 is 2.10 bits per heavy atom. The van der Waals surface area contributed by atoms with Crippen LogP contribution >= 0.6 is 0 Å². The molecule has 1 aromatic carbocycles. The average molecular weight is 272 g/mol. The Morgan fingerprint density at radius 3 is 2.75 bits per heavy atom. The molecule has 0 saturated carbocycles. The van der Waals surface area contributed by atoms with E-state index in [2.05, 4.69) is 31.7 Å². The van der Waals surface area contributed by atoms with Crippen molar-refractivity contribution in [2.45, 2.75) is 58.5 Å². The molecule has 1 aliphatic carbocycles. The van der Waals surface area contributed by atoms with Crippen molar-refractivity contribution in [1.82, 2.24) is 0 Å². The highest BCUT2D eigenvalue weighted by Gasteiger charge is 2.37. The predicted molar refractivity (Wildman–Crippen MR) is 81.8 cm³/mol. The van der Waals surface area contributed by atoms with Gasteiger partial charge in [0.05, 0.1) is 0 Å². The van der Waals surface area contributed by atoms with Crippen LogP contribution in [0.25, 0.3) is 0 Å². The number of rotatable bonds is 3. The molecule has 0 radical (unpaired) electrons. The highest BCUT2D eigenvalue weighted by atomic mass is 16.6. The number of hydrogen-bond acceptors (Lipinski definition) is 2. The first-order valence-corrected chi connectivity index (χ1v) is 7.29. The maximum atomic E-state index is 11.8. The molecule has 0 saturated heterocycles. The zero-order valence-corrected chi connectivity index (χ0v) is 13.0. The summed E-state index contributed by atoms with van der Waals surface area (Å²) in [4.78, 5) is 11.8. The van der Waals surface area contributed by atoms with Gasteiger partial charge in [0.25, 0.3) is 0 Å². The van der Waals surface area contributed by atoms with Crippen LogP contribution in [0.15, 0.2) is 30.4 Å². The van der Waals surface area contributed by atoms with E-state index in [9.17, 15) is 4.79 Å². The summed E-state index contributed by atoms with van der Waals surface area (Å²) in [7, 11) is 0. The van der Waals surface area contributed by atoms with Crippen LogP contribution in [0.4, 0.5) is 0 Å². The molecular formula is C18H24O2. The Kier molecular flexibility index (Phi) is 4.03. The number of aryl methyl sites for hydroxylation is 2. The van der Waals surface area contributed by atoms with Gasteiger partial charge in [0.2, 0.25) is 0 Å². The Bertz CT molecular complexity index is 540. The maximum absolute atomic E-state index is 11.8. The molecule has 1 unspecified atom stereocenters. The Labute approximate surface area is 121 Å². The van der Waals surface area contributed by atoms with Gasteiger partial charge in [0.15, 0.2) is 0 Å². The molecule has 1 aliphatic rings. The summed E-state index contributed by atoms with van der Waals surface area (Å²) in [5, 5.41) is 0. The molecule has 2 nitrogen and oxygen atoms in total. The number of carbonyl (C=O) groups excluding carboxylic acids is 1. The van der Waals surface area contributed by atoms with E-state index in [-0.39, 0.29) is 11.9 Å². The summed E-state index contributed by atoms with van der Waals surface area (Å²) in [5.41, 5.74) is 3.99. The second-order valence-corrected chi connectivity index (χ2v) is 6.42. The number of esters is 1. The molecule has 1 aromatic rings. The lowest BCUT2D eigenvalue weighted by atomic mass is 9.74. The van der Waals surface area contributed by atoms with E-state index in [1.54, 1.807) is 6.92 Å². The fourth-order valence-corrected chi connectivity index (χ4v) is 3.06. The molecule has 0 N–H and O–H groups in total. The third-order valence-corrected chi connectivity index (χ3v) is 4.16. The van der Waals surface area contributed by atoms with Gasteiger partial charge in [-0.25, -0.2) is 4.79 Å². The SMILES string of the molecule is C=C(C)C(=O)OC(C)(C)C1CCCc2cc(C)ccc21. The quantitative estimate of drug-likeness (QED) is 0.605. The number of fused-ring (bicyclic) bond motifs is 1. The first kappa shape index (κ1) is 14.8. The van der Waals surface area contributed by atoms with Crippen molar-refractivity contribution in [2.75, 3.05) is 0 Å². The van der Waals surface area contributed by atoms with Gasteiger partial charge < -0.3 is 4.74 Å². The van der Waals surface area contributed by atoms with Crippen molar-refractivity contribution < 1.29 is 9.53 Å². The highest BCUT2D eigenvalue weighted by Crippen LogP contribution is 2.41. The molecule has 0 aliphatic heterocycles. The molecule has 0 spiro atoms. The van der Waals surface area contributed by atoms with Crippen LogP contribution in [-0.4, -0.2) is 11.6 Å². The van der Waals surface area contributed by atoms with Gasteiger partial charge in [-0.15, -0.1) is 0 Å². The number of ether oxygens (including phenoxy) is 1. The minimum Gasteiger partial charge on any atom is -0.456 e. The molecule has 1 atom stereocenters. The predicted octanol–water partition coefficient (Wildman–Crippen LogP) is 4.31. The van der Waals surface area contributed by atoms with E-state index in [4.69, 9.17) is 4.74 Å². The molecule has 2 heteroatoms. The fourth-order valence-electron chi connectivity index (χ4n) is 3.06. The van der Waals surface area contributed by atoms with E-state index in [0.29, 0.717) is 5.57 Å². The zero-order chi connectivity index (χ0) is 14.9. The lowest BCUT2D eigenvalue weighted by Crippen LogP contribution is -2.37. The summed E-state index contributed by atoms with van der Waals surface area (Å²) in [6, 6.07) is 6.61. The zero-order valence-electron chi connectivity index (χ0n) is 13.0. The van der Waals surface area contributed by atoms with Crippen LogP contribution in [0.5, 0.6) is 0 Å². The van der Waals surface area contributed by atoms with Crippen LogP contribution < -0.4 is 0 Å². The van der Waals surface area contributed by atoms with E-state index >= 15 is 0 Å². The van der Waals surface area contributed by atoms with E-state index in [1.165, 1.54) is 16.7 Å². The second kappa shape index (κ2) is 5.43. The topological polar surface area (TPSA) is 26.3 Å². The highest BCUT2D eigenvalue weighted by molar-refractivity contribution is 5.87. The molecule has 2 rings (SSSR count). The molecule has 0 heterocycles. The van der Waals surface area contributed by atoms with Crippen molar-refractivity contribution >= 4 is 5.97 Å². The van der Waals surface area contributed by atoms with Crippen molar-refractivity contribution in [1.29, 1.82) is 0 Å². The van der Waals surface area contributed by atoms with Gasteiger partial charge in [-0.1, -0.05) is 30.3 Å². The van der Waals surface area contributed by atoms with Gasteiger partial charge in [-0.3, -0.25) is 0 Å². The summed E-state index contributed by atoms with van der Waals surface area (Å²) in [6.07, 6.45) is 3.33. The molecule has 20 heavy (non-hydrogen) atoms. The lowest BCUT2D eigenvalue weighted by Gasteiger charge is -2.38. The molecule has 0 aromatic heterocycles. The van der Waals surface area contributed by atoms with Crippen LogP contribution in [0.2, 0.25) is 0 Å². The smallest absolute Gasteiger partial charge is 0.333 e. The summed E-state index contributed by atoms with van der Waals surface area (Å²) in [5.74, 6) is -0.0376. The molecule has 0 amide bonds. The molecule has 0 fully saturated rings. The standard InChI is InChI=1S/C18H24O2/c1-12(2)17(19)20-18(4,5)16-8-6-7-14-11-13(3)9-10-15(14)16/h9-11,16H,1,6-8H2,2-5H3. The minimum atomic E-state index is -0.500. The van der Waals surface area contributed by atoms with E-state index in [0.717, 1.165) is 19.3 Å². The number of hydrogen-bond donors (Lipinski definition) is 0. The largest absolute Gasteiger partial charge is 0.456 e. The van der Waals surface area contributed by atoms with E-state index < -0.39 is 5.60 Å². The Balaban J connectivity index is 2.30. The van der Waals surface area contributed by atoms with Crippen molar-refractivity contribution in [3.8, 4) is 0 Å². The normalized spacial score (nSPS) is 18.3. The summed E-state index contributed by atoms with van der Waals surface area (Å²) >= 11 is 0. The lowest BCUT2D eigenvalue weighted by molar-refractivity contribution is -0.154. The van der Waals surface area contributed by atoms with Gasteiger partial charge in [0, 0.05) is 11.5 Å². The van der Waals surface area contributed by atoms with Crippen LogP contribution in [0.1, 0.15) is 56.2 Å². The monoisotopic (exact) mass is 272 g/mol. The van der Waals surface area contributed by atoms with Crippen LogP contribution in [0, 0.1) is 6.92 Å². The average Bonchev–Trinajstić information content (AvgIpc) is 2.36. The van der Waals surface area contributed by atoms with Gasteiger partial charge >= 0.3 is 5.97 Å². The minimum absolute atomic E-state index is 0.259. The van der Waals surface area contributed by atoms with Crippen molar-refractivity contribution in [3.05, 3.63) is 47.0 Å². The molecule has 108 valence electrons. The van der Waals surface area contributed by atoms with Crippen LogP contribution in [-0.2, 0) is 16.0 Å². The fraction of sp³-hybridized carbons (Fsp3) is 0.500. The van der Waals surface area contributed by atoms with Gasteiger partial charge in [0.1, 0.15) is 5.60 Å². The van der Waals surface area contributed by atoms with Crippen LogP contribution in [0.3, 0.4) is 0 Å². The van der Waals surface area contributed by atoms with Crippen molar-refractivity contribution in [3.63, 3.8) is 0 Å². The third-order valence-electron chi connectivity index (χ3n) is 4.16. The summed E-state index contributed by atoms with van der Waals surface area (Å²) < 4.78 is 5.69.